The molecule has 2 amide bonds. The number of carbonyl (C=O) groups excluding carboxylic acids is 4. The van der Waals surface area contributed by atoms with Gasteiger partial charge in [-0.1, -0.05) is 97.8 Å². The molecule has 0 radical (unpaired) electrons. The summed E-state index contributed by atoms with van der Waals surface area (Å²) in [6.07, 6.45) is 3.04. The standard InChI is InChI=1S/C48H38N8O4/c1-25-35-43(53-51-25)49-39-27-15-5-7-17-29(27)41(57)37(39)47(35)31-19-9-11-21-33(31)55(45(47)59)23-13-3-4-14-24-56-34-22-12-10-20-32(34)48(46(56)60)36-26(2)52-54-44(36)50-40-28-16-6-8-18-30(28)42(58)38(40)48/h5-12,15-22H,3-4,13-14,23-24H2,1-2H3,(H2,49,51,53)(H2,50,52,54). The van der Waals surface area contributed by atoms with Gasteiger partial charge in [-0.2, -0.15) is 10.2 Å². The number of aromatic amines is 2. The molecule has 0 saturated carbocycles. The zero-order valence-electron chi connectivity index (χ0n) is 32.9. The van der Waals surface area contributed by atoms with Crippen LogP contribution in [-0.4, -0.2) is 56.9 Å². The van der Waals surface area contributed by atoms with Crippen LogP contribution >= 0.6 is 0 Å². The number of nitrogens with one attached hydrogen (secondary N) is 4. The molecule has 6 aliphatic rings. The van der Waals surface area contributed by atoms with Crippen molar-refractivity contribution in [2.75, 3.05) is 33.5 Å². The molecule has 4 aliphatic heterocycles. The smallest absolute Gasteiger partial charge is 0.247 e. The van der Waals surface area contributed by atoms with Crippen molar-refractivity contribution in [2.45, 2.75) is 50.4 Å². The summed E-state index contributed by atoms with van der Waals surface area (Å²) in [7, 11) is 0. The highest BCUT2D eigenvalue weighted by Gasteiger charge is 2.64. The Hall–Kier alpha value is -7.34. The van der Waals surface area contributed by atoms with Crippen LogP contribution in [0.15, 0.2) is 108 Å². The maximum atomic E-state index is 15.2. The molecule has 2 atom stereocenters. The molecule has 2 aliphatic carbocycles. The van der Waals surface area contributed by atoms with E-state index in [2.05, 4.69) is 31.0 Å². The number of benzene rings is 4. The summed E-state index contributed by atoms with van der Waals surface area (Å²) in [6, 6.07) is 30.6. The van der Waals surface area contributed by atoms with Crippen LogP contribution in [0.2, 0.25) is 0 Å². The first-order valence-electron chi connectivity index (χ1n) is 20.5. The number of amides is 2. The topological polar surface area (TPSA) is 156 Å². The highest BCUT2D eigenvalue weighted by molar-refractivity contribution is 6.32. The first-order valence-corrected chi connectivity index (χ1v) is 20.5. The third kappa shape index (κ3) is 4.05. The molecule has 2 unspecified atom stereocenters. The highest BCUT2D eigenvalue weighted by atomic mass is 16.2. The number of aryl methyl sites for hydroxylation is 2. The van der Waals surface area contributed by atoms with Crippen LogP contribution in [0.4, 0.5) is 23.0 Å². The maximum Gasteiger partial charge on any atom is 0.247 e. The summed E-state index contributed by atoms with van der Waals surface area (Å²) in [5.41, 5.74) is 8.17. The third-order valence-electron chi connectivity index (χ3n) is 13.6. The normalized spacial score (nSPS) is 21.2. The first kappa shape index (κ1) is 34.7. The highest BCUT2D eigenvalue weighted by Crippen LogP contribution is 2.61. The van der Waals surface area contributed by atoms with E-state index in [4.69, 9.17) is 0 Å². The molecule has 294 valence electrons. The van der Waals surface area contributed by atoms with E-state index >= 15 is 9.59 Å². The molecule has 4 aromatic carbocycles. The third-order valence-corrected chi connectivity index (χ3v) is 13.6. The van der Waals surface area contributed by atoms with Crippen LogP contribution in [0.25, 0.3) is 11.4 Å². The largest absolute Gasteiger partial charge is 0.338 e. The van der Waals surface area contributed by atoms with Crippen LogP contribution in [0.3, 0.4) is 0 Å². The number of H-pyrrole nitrogens is 2. The van der Waals surface area contributed by atoms with Gasteiger partial charge >= 0.3 is 0 Å². The fourth-order valence-corrected chi connectivity index (χ4v) is 11.2. The lowest BCUT2D eigenvalue weighted by Crippen LogP contribution is -2.47. The Morgan fingerprint density at radius 3 is 1.32 bits per heavy atom. The van der Waals surface area contributed by atoms with Gasteiger partial charge in [-0.05, 0) is 38.8 Å². The lowest BCUT2D eigenvalue weighted by Gasteiger charge is -2.35. The fraction of sp³-hybridized carbons (Fsp3) is 0.208. The van der Waals surface area contributed by atoms with Gasteiger partial charge in [0.2, 0.25) is 11.8 Å². The second kappa shape index (κ2) is 12.1. The number of rotatable bonds is 7. The molecule has 2 aromatic heterocycles. The molecule has 12 heteroatoms. The molecule has 0 bridgehead atoms. The summed E-state index contributed by atoms with van der Waals surface area (Å²) >= 11 is 0. The molecule has 4 N–H and O–H groups in total. The van der Waals surface area contributed by atoms with Gasteiger partial charge in [-0.15, -0.1) is 0 Å². The second-order valence-electron chi connectivity index (χ2n) is 16.5. The van der Waals surface area contributed by atoms with Crippen molar-refractivity contribution in [1.29, 1.82) is 0 Å². The van der Waals surface area contributed by atoms with Gasteiger partial charge < -0.3 is 20.4 Å². The Morgan fingerprint density at radius 2 is 0.883 bits per heavy atom. The summed E-state index contributed by atoms with van der Waals surface area (Å²) < 4.78 is 0. The molecule has 12 nitrogen and oxygen atoms in total. The van der Waals surface area contributed by atoms with E-state index in [1.807, 2.05) is 121 Å². The van der Waals surface area contributed by atoms with Crippen molar-refractivity contribution in [3.05, 3.63) is 164 Å². The first-order chi connectivity index (χ1) is 29.3. The van der Waals surface area contributed by atoms with E-state index in [9.17, 15) is 9.59 Å². The van der Waals surface area contributed by atoms with Crippen molar-refractivity contribution >= 4 is 57.8 Å². The SMILES string of the molecule is Cc1[nH]nc2c1C1(C(=O)N(CCCCCCN3C(=O)C4(C5=C(Nc6n[nH]c(C)c64)c4ccccc4C5=O)c4ccccc43)c3ccccc31)C1=C(N2)c2ccccc2C1=O. The Morgan fingerprint density at radius 1 is 0.500 bits per heavy atom. The Bertz CT molecular complexity index is 2840. The predicted molar refractivity (Wildman–Crippen MR) is 227 cm³/mol. The number of Topliss-reactive ketones (excluding diaryl/α,β-unsaturated/α-hetero) is 2. The number of carbonyl (C=O) groups is 4. The maximum absolute atomic E-state index is 15.2. The van der Waals surface area contributed by atoms with Gasteiger partial charge in [0, 0.05) is 91.5 Å². The summed E-state index contributed by atoms with van der Waals surface area (Å²) in [4.78, 5) is 62.9. The van der Waals surface area contributed by atoms with Gasteiger partial charge in [0.1, 0.15) is 10.8 Å². The molecular weight excluding hydrogens is 753 g/mol. The number of hydrogen-bond donors (Lipinski definition) is 4. The second-order valence-corrected chi connectivity index (χ2v) is 16.5. The number of anilines is 4. The molecule has 6 heterocycles. The number of ketones is 2. The Kier molecular flexibility index (Phi) is 7.00. The van der Waals surface area contributed by atoms with Crippen LogP contribution in [-0.2, 0) is 20.4 Å². The number of fused-ring (bicyclic) bond motifs is 14. The Labute approximate surface area is 344 Å². The number of unbranched alkanes of at least 4 members (excludes halogenated alkanes) is 3. The fourth-order valence-electron chi connectivity index (χ4n) is 11.2. The van der Waals surface area contributed by atoms with Crippen molar-refractivity contribution in [3.8, 4) is 0 Å². The summed E-state index contributed by atoms with van der Waals surface area (Å²) in [6.45, 7) is 4.73. The Balaban J connectivity index is 0.814. The minimum atomic E-state index is -1.35. The van der Waals surface area contributed by atoms with E-state index in [-0.39, 0.29) is 23.4 Å². The average Bonchev–Trinajstić information content (AvgIpc) is 4.09. The molecule has 12 rings (SSSR count). The minimum Gasteiger partial charge on any atom is -0.338 e. The van der Waals surface area contributed by atoms with E-state index in [0.717, 1.165) is 57.9 Å². The molecular formula is C48H38N8O4. The van der Waals surface area contributed by atoms with E-state index in [1.165, 1.54) is 0 Å². The quantitative estimate of drug-likeness (QED) is 0.123. The number of para-hydroxylation sites is 2. The predicted octanol–water partition coefficient (Wildman–Crippen LogP) is 7.34. The molecule has 0 saturated heterocycles. The minimum absolute atomic E-state index is 0.151. The van der Waals surface area contributed by atoms with Crippen LogP contribution in [0.1, 0.15) is 91.2 Å². The van der Waals surface area contributed by atoms with Crippen molar-refractivity contribution in [2.24, 2.45) is 0 Å². The summed E-state index contributed by atoms with van der Waals surface area (Å²) in [5, 5.41) is 22.2. The number of hydrogen-bond acceptors (Lipinski definition) is 8. The van der Waals surface area contributed by atoms with Crippen LogP contribution in [0, 0.1) is 13.8 Å². The number of aromatic nitrogens is 4. The zero-order valence-corrected chi connectivity index (χ0v) is 32.9. The lowest BCUT2D eigenvalue weighted by molar-refractivity contribution is -0.121. The van der Waals surface area contributed by atoms with E-state index < -0.39 is 10.8 Å². The van der Waals surface area contributed by atoms with E-state index in [0.29, 0.717) is 82.4 Å². The molecule has 60 heavy (non-hydrogen) atoms. The van der Waals surface area contributed by atoms with Crippen LogP contribution < -0.4 is 20.4 Å². The molecule has 2 spiro atoms. The van der Waals surface area contributed by atoms with E-state index in [1.54, 1.807) is 0 Å². The summed E-state index contributed by atoms with van der Waals surface area (Å²) in [5.74, 6) is 0.506. The van der Waals surface area contributed by atoms with Gasteiger partial charge in [-0.25, -0.2) is 0 Å². The van der Waals surface area contributed by atoms with Crippen molar-refractivity contribution in [3.63, 3.8) is 0 Å². The lowest BCUT2D eigenvalue weighted by atomic mass is 9.67. The molecule has 6 aromatic rings. The molecule has 0 fully saturated rings. The van der Waals surface area contributed by atoms with Crippen molar-refractivity contribution in [1.82, 2.24) is 20.4 Å². The van der Waals surface area contributed by atoms with Crippen molar-refractivity contribution < 1.29 is 19.2 Å². The van der Waals surface area contributed by atoms with Gasteiger partial charge in [0.25, 0.3) is 0 Å². The zero-order chi connectivity index (χ0) is 40.7. The van der Waals surface area contributed by atoms with Gasteiger partial charge in [-0.3, -0.25) is 29.4 Å². The monoisotopic (exact) mass is 790 g/mol. The average molecular weight is 791 g/mol. The van der Waals surface area contributed by atoms with Gasteiger partial charge in [0.05, 0.1) is 11.4 Å². The van der Waals surface area contributed by atoms with Gasteiger partial charge in [0.15, 0.2) is 23.2 Å². The number of nitrogens with zero attached hydrogens (tertiary/aromatic N) is 4. The van der Waals surface area contributed by atoms with Crippen LogP contribution in [0.5, 0.6) is 0 Å².